The summed E-state index contributed by atoms with van der Waals surface area (Å²) in [6, 6.07) is 8.33. The van der Waals surface area contributed by atoms with Gasteiger partial charge in [0.05, 0.1) is 0 Å². The van der Waals surface area contributed by atoms with Crippen molar-refractivity contribution in [3.05, 3.63) is 46.6 Å². The molecule has 0 aliphatic rings. The Kier molecular flexibility index (Phi) is 5.52. The van der Waals surface area contributed by atoms with Gasteiger partial charge in [-0.3, -0.25) is 0 Å². The first-order chi connectivity index (χ1) is 8.04. The fourth-order valence-corrected chi connectivity index (χ4v) is 1.80. The van der Waals surface area contributed by atoms with Gasteiger partial charge in [0.15, 0.2) is 0 Å². The van der Waals surface area contributed by atoms with Crippen molar-refractivity contribution in [2.24, 2.45) is 5.73 Å². The van der Waals surface area contributed by atoms with Crippen LogP contribution in [0.3, 0.4) is 0 Å². The van der Waals surface area contributed by atoms with Gasteiger partial charge in [0.2, 0.25) is 0 Å². The zero-order valence-electron chi connectivity index (χ0n) is 10.7. The largest absolute Gasteiger partial charge is 0.402 e. The van der Waals surface area contributed by atoms with Crippen LogP contribution in [-0.2, 0) is 0 Å². The molecule has 0 aliphatic heterocycles. The van der Waals surface area contributed by atoms with Crippen molar-refractivity contribution in [2.45, 2.75) is 32.7 Å². The van der Waals surface area contributed by atoms with E-state index >= 15 is 0 Å². The summed E-state index contributed by atoms with van der Waals surface area (Å²) in [5, 5.41) is 4.17. The third-order valence-electron chi connectivity index (χ3n) is 2.74. The van der Waals surface area contributed by atoms with E-state index in [4.69, 9.17) is 17.3 Å². The number of rotatable bonds is 5. The molecule has 0 amide bonds. The Balaban J connectivity index is 2.86. The second-order valence-corrected chi connectivity index (χ2v) is 4.89. The van der Waals surface area contributed by atoms with Crippen LogP contribution in [0.1, 0.15) is 32.3 Å². The van der Waals surface area contributed by atoms with Crippen LogP contribution in [0.4, 0.5) is 0 Å². The van der Waals surface area contributed by atoms with Gasteiger partial charge in [0.25, 0.3) is 0 Å². The molecular weight excluding hydrogens is 232 g/mol. The summed E-state index contributed by atoms with van der Waals surface area (Å²) < 4.78 is 0. The van der Waals surface area contributed by atoms with Crippen LogP contribution >= 0.6 is 11.6 Å². The van der Waals surface area contributed by atoms with E-state index in [1.54, 1.807) is 0 Å². The lowest BCUT2D eigenvalue weighted by atomic mass is 9.95. The number of hydrogen-bond donors (Lipinski definition) is 2. The number of allylic oxidation sites excluding steroid dienone is 1. The molecule has 2 nitrogen and oxygen atoms in total. The molecule has 1 aromatic carbocycles. The average Bonchev–Trinajstić information content (AvgIpc) is 2.30. The summed E-state index contributed by atoms with van der Waals surface area (Å²) >= 11 is 5.90. The molecule has 0 aromatic heterocycles. The minimum atomic E-state index is 0.208. The van der Waals surface area contributed by atoms with E-state index in [0.717, 1.165) is 17.3 Å². The molecule has 3 N–H and O–H groups in total. The fourth-order valence-electron chi connectivity index (χ4n) is 1.68. The van der Waals surface area contributed by atoms with Crippen LogP contribution in [0.15, 0.2) is 36.0 Å². The van der Waals surface area contributed by atoms with E-state index in [2.05, 4.69) is 19.2 Å². The SMILES string of the molecule is C/C=C(\N)[C@H](CNC(C)C)c1ccc(Cl)cc1. The number of hydrogen-bond acceptors (Lipinski definition) is 2. The predicted octanol–water partition coefficient (Wildman–Crippen LogP) is 3.28. The normalized spacial score (nSPS) is 14.1. The highest BCUT2D eigenvalue weighted by Gasteiger charge is 2.14. The minimum absolute atomic E-state index is 0.208. The molecule has 3 heteroatoms. The number of nitrogens with one attached hydrogen (secondary N) is 1. The van der Waals surface area contributed by atoms with Crippen LogP contribution in [-0.4, -0.2) is 12.6 Å². The smallest absolute Gasteiger partial charge is 0.0406 e. The van der Waals surface area contributed by atoms with Crippen molar-refractivity contribution in [1.82, 2.24) is 5.32 Å². The maximum atomic E-state index is 6.06. The van der Waals surface area contributed by atoms with E-state index in [1.807, 2.05) is 37.3 Å². The van der Waals surface area contributed by atoms with Gasteiger partial charge in [-0.1, -0.05) is 43.7 Å². The van der Waals surface area contributed by atoms with E-state index in [0.29, 0.717) is 6.04 Å². The fraction of sp³-hybridized carbons (Fsp3) is 0.429. The third-order valence-corrected chi connectivity index (χ3v) is 2.99. The zero-order valence-corrected chi connectivity index (χ0v) is 11.5. The molecule has 1 rings (SSSR count). The number of benzene rings is 1. The molecule has 94 valence electrons. The summed E-state index contributed by atoms with van der Waals surface area (Å²) in [6.07, 6.45) is 1.96. The van der Waals surface area contributed by atoms with Crippen LogP contribution in [0.2, 0.25) is 5.02 Å². The topological polar surface area (TPSA) is 38.0 Å². The minimum Gasteiger partial charge on any atom is -0.402 e. The Labute approximate surface area is 109 Å². The van der Waals surface area contributed by atoms with Gasteiger partial charge in [0, 0.05) is 29.2 Å². The zero-order chi connectivity index (χ0) is 12.8. The lowest BCUT2D eigenvalue weighted by Gasteiger charge is -2.20. The van der Waals surface area contributed by atoms with Gasteiger partial charge >= 0.3 is 0 Å². The molecule has 0 unspecified atom stereocenters. The van der Waals surface area contributed by atoms with Gasteiger partial charge in [-0.2, -0.15) is 0 Å². The second-order valence-electron chi connectivity index (χ2n) is 4.46. The molecule has 0 heterocycles. The first-order valence-corrected chi connectivity index (χ1v) is 6.33. The molecule has 1 aromatic rings. The van der Waals surface area contributed by atoms with Crippen LogP contribution < -0.4 is 11.1 Å². The molecular formula is C14H21ClN2. The van der Waals surface area contributed by atoms with Crippen molar-refractivity contribution in [3.8, 4) is 0 Å². The molecule has 0 fully saturated rings. The molecule has 0 aliphatic carbocycles. The highest BCUT2D eigenvalue weighted by Crippen LogP contribution is 2.22. The monoisotopic (exact) mass is 252 g/mol. The van der Waals surface area contributed by atoms with Gasteiger partial charge in [-0.25, -0.2) is 0 Å². The highest BCUT2D eigenvalue weighted by atomic mass is 35.5. The molecule has 1 atom stereocenters. The highest BCUT2D eigenvalue weighted by molar-refractivity contribution is 6.30. The van der Waals surface area contributed by atoms with Crippen LogP contribution in [0, 0.1) is 0 Å². The predicted molar refractivity (Wildman–Crippen MR) is 75.3 cm³/mol. The molecule has 17 heavy (non-hydrogen) atoms. The molecule has 0 saturated carbocycles. The average molecular weight is 253 g/mol. The molecule has 0 radical (unpaired) electrons. The summed E-state index contributed by atoms with van der Waals surface area (Å²) in [7, 11) is 0. The van der Waals surface area contributed by atoms with Crippen molar-refractivity contribution in [2.75, 3.05) is 6.54 Å². The van der Waals surface area contributed by atoms with E-state index in [-0.39, 0.29) is 5.92 Å². The lowest BCUT2D eigenvalue weighted by molar-refractivity contribution is 0.555. The Morgan fingerprint density at radius 1 is 1.35 bits per heavy atom. The maximum Gasteiger partial charge on any atom is 0.0406 e. The quantitative estimate of drug-likeness (QED) is 0.844. The summed E-state index contributed by atoms with van der Waals surface area (Å²) in [4.78, 5) is 0. The molecule has 0 spiro atoms. The number of halogens is 1. The Morgan fingerprint density at radius 3 is 2.41 bits per heavy atom. The van der Waals surface area contributed by atoms with E-state index in [1.165, 1.54) is 5.56 Å². The van der Waals surface area contributed by atoms with Gasteiger partial charge < -0.3 is 11.1 Å². The summed E-state index contributed by atoms with van der Waals surface area (Å²) in [6.45, 7) is 7.07. The van der Waals surface area contributed by atoms with E-state index < -0.39 is 0 Å². The standard InChI is InChI=1S/C14H21ClN2/c1-4-14(16)13(9-17-10(2)3)11-5-7-12(15)8-6-11/h4-8,10,13,17H,9,16H2,1-3H3/b14-4-/t13-/m1/s1. The Bertz CT molecular complexity index is 368. The maximum absolute atomic E-state index is 6.06. The Morgan fingerprint density at radius 2 is 1.94 bits per heavy atom. The first kappa shape index (κ1) is 14.1. The summed E-state index contributed by atoms with van der Waals surface area (Å²) in [5.74, 6) is 0.208. The van der Waals surface area contributed by atoms with Gasteiger partial charge in [-0.05, 0) is 24.6 Å². The van der Waals surface area contributed by atoms with Crippen molar-refractivity contribution < 1.29 is 0 Å². The lowest BCUT2D eigenvalue weighted by Crippen LogP contribution is -2.30. The summed E-state index contributed by atoms with van der Waals surface area (Å²) in [5.41, 5.74) is 8.14. The van der Waals surface area contributed by atoms with E-state index in [9.17, 15) is 0 Å². The Hall–Kier alpha value is -0.990. The third kappa shape index (κ3) is 4.41. The van der Waals surface area contributed by atoms with Crippen LogP contribution in [0.25, 0.3) is 0 Å². The molecule has 0 saturated heterocycles. The van der Waals surface area contributed by atoms with Crippen molar-refractivity contribution >= 4 is 11.6 Å². The van der Waals surface area contributed by atoms with Crippen molar-refractivity contribution in [1.29, 1.82) is 0 Å². The number of nitrogens with two attached hydrogens (primary N) is 1. The van der Waals surface area contributed by atoms with Crippen molar-refractivity contribution in [3.63, 3.8) is 0 Å². The van der Waals surface area contributed by atoms with Gasteiger partial charge in [0.1, 0.15) is 0 Å². The van der Waals surface area contributed by atoms with Crippen LogP contribution in [0.5, 0.6) is 0 Å². The first-order valence-electron chi connectivity index (χ1n) is 5.95. The van der Waals surface area contributed by atoms with Gasteiger partial charge in [-0.15, -0.1) is 0 Å². The second kappa shape index (κ2) is 6.67. The molecule has 0 bridgehead atoms.